The summed E-state index contributed by atoms with van der Waals surface area (Å²) in [6.45, 7) is 2.70. The van der Waals surface area contributed by atoms with Gasteiger partial charge in [-0.25, -0.2) is 4.98 Å². The summed E-state index contributed by atoms with van der Waals surface area (Å²) in [5.41, 5.74) is 9.06. The van der Waals surface area contributed by atoms with Crippen molar-refractivity contribution in [1.29, 1.82) is 0 Å². The Kier molecular flexibility index (Phi) is 5.85. The summed E-state index contributed by atoms with van der Waals surface area (Å²) in [4.78, 5) is 11.4. The molecule has 1 atom stereocenters. The molecular weight excluding hydrogens is 431 g/mol. The van der Waals surface area contributed by atoms with Gasteiger partial charge in [0.1, 0.15) is 5.82 Å². The molecule has 28 heavy (non-hydrogen) atoms. The Morgan fingerprint density at radius 2 is 1.93 bits per heavy atom. The van der Waals surface area contributed by atoms with Gasteiger partial charge >= 0.3 is 0 Å². The average molecular weight is 449 g/mol. The van der Waals surface area contributed by atoms with Crippen LogP contribution in [0.1, 0.15) is 16.7 Å². The topological polar surface area (TPSA) is 63.8 Å². The van der Waals surface area contributed by atoms with E-state index in [-0.39, 0.29) is 11.3 Å². The van der Waals surface area contributed by atoms with Crippen LogP contribution < -0.4 is 11.1 Å². The van der Waals surface area contributed by atoms with Crippen LogP contribution in [0, 0.1) is 0 Å². The second kappa shape index (κ2) is 8.35. The molecule has 0 bridgehead atoms. The predicted molar refractivity (Wildman–Crippen MR) is 122 cm³/mol. The molecule has 3 N–H and O–H groups in total. The van der Waals surface area contributed by atoms with E-state index >= 15 is 0 Å². The van der Waals surface area contributed by atoms with Crippen LogP contribution in [-0.2, 0) is 13.0 Å². The van der Waals surface area contributed by atoms with Gasteiger partial charge < -0.3 is 11.1 Å². The van der Waals surface area contributed by atoms with E-state index in [9.17, 15) is 0 Å². The lowest BCUT2D eigenvalue weighted by atomic mass is 10.0. The van der Waals surface area contributed by atoms with Crippen LogP contribution in [-0.4, -0.2) is 16.0 Å². The summed E-state index contributed by atoms with van der Waals surface area (Å²) in [5, 5.41) is 6.40. The zero-order valence-corrected chi connectivity index (χ0v) is 18.2. The summed E-state index contributed by atoms with van der Waals surface area (Å²) in [5.74, 6) is 0.750. The Bertz CT molecular complexity index is 1090. The molecule has 0 spiro atoms. The summed E-state index contributed by atoms with van der Waals surface area (Å²) in [7, 11) is 0. The monoisotopic (exact) mass is 448 g/mol. The average Bonchev–Trinajstić information content (AvgIpc) is 3.28. The maximum absolute atomic E-state index is 6.28. The highest BCUT2D eigenvalue weighted by molar-refractivity contribution is 7.20. The molecule has 4 rings (SSSR count). The van der Waals surface area contributed by atoms with Crippen LogP contribution in [0.25, 0.3) is 21.3 Å². The molecule has 3 heterocycles. The number of halogens is 2. The molecule has 8 heteroatoms. The third kappa shape index (κ3) is 4.16. The molecule has 3 aromatic heterocycles. The number of anilines is 1. The van der Waals surface area contributed by atoms with Crippen molar-refractivity contribution in [1.82, 2.24) is 9.97 Å². The van der Waals surface area contributed by atoms with Gasteiger partial charge in [-0.1, -0.05) is 29.8 Å². The number of nitrogens with one attached hydrogen (secondary N) is 1. The molecule has 0 aliphatic heterocycles. The van der Waals surface area contributed by atoms with E-state index in [4.69, 9.17) is 28.9 Å². The van der Waals surface area contributed by atoms with E-state index in [2.05, 4.69) is 26.7 Å². The first kappa shape index (κ1) is 19.6. The van der Waals surface area contributed by atoms with Crippen molar-refractivity contribution in [2.45, 2.75) is 25.9 Å². The Morgan fingerprint density at radius 1 is 1.14 bits per heavy atom. The van der Waals surface area contributed by atoms with Gasteiger partial charge in [0, 0.05) is 26.4 Å². The van der Waals surface area contributed by atoms with Crippen molar-refractivity contribution in [2.75, 3.05) is 5.32 Å². The molecule has 4 aromatic rings. The lowest BCUT2D eigenvalue weighted by molar-refractivity contribution is 0.747. The minimum absolute atomic E-state index is 0.0325. The van der Waals surface area contributed by atoms with E-state index in [0.717, 1.165) is 33.6 Å². The Balaban J connectivity index is 1.85. The number of benzene rings is 1. The lowest BCUT2D eigenvalue weighted by Gasteiger charge is -2.08. The van der Waals surface area contributed by atoms with Crippen LogP contribution in [0.3, 0.4) is 0 Å². The van der Waals surface area contributed by atoms with Gasteiger partial charge in [0.15, 0.2) is 0 Å². The Morgan fingerprint density at radius 3 is 2.61 bits per heavy atom. The second-order valence-electron chi connectivity index (χ2n) is 6.54. The van der Waals surface area contributed by atoms with E-state index in [1.54, 1.807) is 22.7 Å². The summed E-state index contributed by atoms with van der Waals surface area (Å²) in [6, 6.07) is 11.9. The van der Waals surface area contributed by atoms with Crippen molar-refractivity contribution in [3.8, 4) is 11.1 Å². The number of aromatic nitrogens is 2. The zero-order valence-electron chi connectivity index (χ0n) is 15.1. The van der Waals surface area contributed by atoms with Crippen LogP contribution >= 0.6 is 45.9 Å². The van der Waals surface area contributed by atoms with E-state index < -0.39 is 0 Å². The highest BCUT2D eigenvalue weighted by Gasteiger charge is 2.20. The molecule has 0 saturated carbocycles. The standard InChI is InChI=1S/C20H18Cl2N4S2/c1-11(23)9-15-16(12-4-6-13(21)7-5-12)17-18(28-15)19(26-20(22)25-17)24-10-14-3-2-8-27-14/h2-8,11H,9-10,23H2,1H3,(H,24,25,26)/t11-/m0/s1. The first-order chi connectivity index (χ1) is 13.5. The second-order valence-corrected chi connectivity index (χ2v) is 9.45. The maximum Gasteiger partial charge on any atom is 0.224 e. The van der Waals surface area contributed by atoms with E-state index in [0.29, 0.717) is 11.6 Å². The minimum atomic E-state index is 0.0325. The minimum Gasteiger partial charge on any atom is -0.364 e. The molecule has 0 unspecified atom stereocenters. The molecule has 1 aromatic carbocycles. The number of thiophene rings is 2. The van der Waals surface area contributed by atoms with Crippen molar-refractivity contribution in [2.24, 2.45) is 5.73 Å². The fraction of sp³-hybridized carbons (Fsp3) is 0.200. The summed E-state index contributed by atoms with van der Waals surface area (Å²) >= 11 is 15.7. The van der Waals surface area contributed by atoms with Gasteiger partial charge in [0.25, 0.3) is 0 Å². The van der Waals surface area contributed by atoms with Gasteiger partial charge in [0.2, 0.25) is 5.28 Å². The Labute approximate surface area is 181 Å². The van der Waals surface area contributed by atoms with Crippen molar-refractivity contribution in [3.05, 3.63) is 61.8 Å². The number of nitrogens with zero attached hydrogens (tertiary/aromatic N) is 2. The molecule has 4 nitrogen and oxygen atoms in total. The molecule has 144 valence electrons. The first-order valence-corrected chi connectivity index (χ1v) is 11.2. The lowest BCUT2D eigenvalue weighted by Crippen LogP contribution is -2.17. The van der Waals surface area contributed by atoms with Crippen LogP contribution in [0.15, 0.2) is 41.8 Å². The largest absolute Gasteiger partial charge is 0.364 e. The van der Waals surface area contributed by atoms with Gasteiger partial charge in [-0.15, -0.1) is 22.7 Å². The van der Waals surface area contributed by atoms with Gasteiger partial charge in [0.05, 0.1) is 16.8 Å². The number of hydrogen-bond donors (Lipinski definition) is 2. The first-order valence-electron chi connectivity index (χ1n) is 8.78. The van der Waals surface area contributed by atoms with Gasteiger partial charge in [-0.2, -0.15) is 4.98 Å². The number of fused-ring (bicyclic) bond motifs is 1. The molecular formula is C20H18Cl2N4S2. The smallest absolute Gasteiger partial charge is 0.224 e. The van der Waals surface area contributed by atoms with Gasteiger partial charge in [-0.05, 0) is 54.1 Å². The molecule has 0 radical (unpaired) electrons. The van der Waals surface area contributed by atoms with E-state index in [1.807, 2.05) is 37.3 Å². The predicted octanol–water partition coefficient (Wildman–Crippen LogP) is 6.23. The third-order valence-corrected chi connectivity index (χ3v) is 6.74. The number of nitrogens with two attached hydrogens (primary N) is 1. The SMILES string of the molecule is C[C@H](N)Cc1sc2c(NCc3cccs3)nc(Cl)nc2c1-c1ccc(Cl)cc1. The number of hydrogen-bond acceptors (Lipinski definition) is 6. The van der Waals surface area contributed by atoms with Crippen LogP contribution in [0.4, 0.5) is 5.82 Å². The van der Waals surface area contributed by atoms with Crippen molar-refractivity contribution < 1.29 is 0 Å². The zero-order chi connectivity index (χ0) is 19.7. The van der Waals surface area contributed by atoms with Crippen molar-refractivity contribution >= 4 is 61.9 Å². The molecule has 0 saturated heterocycles. The molecule has 0 amide bonds. The molecule has 0 fully saturated rings. The summed E-state index contributed by atoms with van der Waals surface area (Å²) in [6.07, 6.45) is 0.751. The van der Waals surface area contributed by atoms with Crippen molar-refractivity contribution in [3.63, 3.8) is 0 Å². The molecule has 0 aliphatic rings. The van der Waals surface area contributed by atoms with Gasteiger partial charge in [-0.3, -0.25) is 0 Å². The fourth-order valence-corrected chi connectivity index (χ4v) is 5.36. The normalized spacial score (nSPS) is 12.4. The fourth-order valence-electron chi connectivity index (χ4n) is 3.05. The highest BCUT2D eigenvalue weighted by Crippen LogP contribution is 2.42. The van der Waals surface area contributed by atoms with Crippen LogP contribution in [0.5, 0.6) is 0 Å². The molecule has 0 aliphatic carbocycles. The summed E-state index contributed by atoms with van der Waals surface area (Å²) < 4.78 is 0.988. The quantitative estimate of drug-likeness (QED) is 0.343. The van der Waals surface area contributed by atoms with E-state index in [1.165, 1.54) is 9.75 Å². The third-order valence-electron chi connectivity index (χ3n) is 4.23. The highest BCUT2D eigenvalue weighted by atomic mass is 35.5. The van der Waals surface area contributed by atoms with Crippen LogP contribution in [0.2, 0.25) is 10.3 Å². The maximum atomic E-state index is 6.28. The number of rotatable bonds is 6. The Hall–Kier alpha value is -1.70.